The van der Waals surface area contributed by atoms with E-state index in [-0.39, 0.29) is 24.5 Å². The van der Waals surface area contributed by atoms with Gasteiger partial charge in [0.15, 0.2) is 6.61 Å². The zero-order valence-corrected chi connectivity index (χ0v) is 17.6. The fourth-order valence-corrected chi connectivity index (χ4v) is 4.44. The number of carbonyl (C=O) groups excluding carboxylic acids is 2. The van der Waals surface area contributed by atoms with Gasteiger partial charge in [0, 0.05) is 44.7 Å². The summed E-state index contributed by atoms with van der Waals surface area (Å²) in [6, 6.07) is 9.97. The van der Waals surface area contributed by atoms with E-state index in [9.17, 15) is 9.59 Å². The molecule has 30 heavy (non-hydrogen) atoms. The van der Waals surface area contributed by atoms with Crippen molar-refractivity contribution in [3.05, 3.63) is 30.3 Å². The van der Waals surface area contributed by atoms with Gasteiger partial charge in [0.1, 0.15) is 5.75 Å². The van der Waals surface area contributed by atoms with Gasteiger partial charge in [0.05, 0.1) is 13.2 Å². The number of likely N-dealkylation sites (tertiary alicyclic amines) is 1. The summed E-state index contributed by atoms with van der Waals surface area (Å²) in [7, 11) is 0. The van der Waals surface area contributed by atoms with Crippen molar-refractivity contribution in [3.8, 4) is 5.75 Å². The standard InChI is InChI=1S/C23H33N3O4/c27-22(17-30-21-4-2-1-3-5-21)24-15-20-9-8-19(26(20)16-18-6-7-18)14-23(28)25-10-12-29-13-11-25/h1-5,18-20H,6-17H2,(H,24,27)/t19-,20+/m1/s1. The van der Waals surface area contributed by atoms with Crippen LogP contribution in [-0.4, -0.2) is 79.7 Å². The Morgan fingerprint density at radius 1 is 1.03 bits per heavy atom. The van der Waals surface area contributed by atoms with Crippen molar-refractivity contribution < 1.29 is 19.1 Å². The number of morpholine rings is 1. The molecular formula is C23H33N3O4. The van der Waals surface area contributed by atoms with Gasteiger partial charge in [-0.1, -0.05) is 18.2 Å². The van der Waals surface area contributed by atoms with E-state index in [2.05, 4.69) is 10.2 Å². The average molecular weight is 416 g/mol. The van der Waals surface area contributed by atoms with Crippen LogP contribution in [0, 0.1) is 5.92 Å². The van der Waals surface area contributed by atoms with Crippen LogP contribution in [0.5, 0.6) is 5.75 Å². The first kappa shape index (κ1) is 21.1. The number of rotatable bonds is 9. The SMILES string of the molecule is O=C(COc1ccccc1)NC[C@@H]1CC[C@H](CC(=O)N2CCOCC2)N1CC1CC1. The molecule has 1 N–H and O–H groups in total. The molecule has 0 aromatic heterocycles. The average Bonchev–Trinajstić information content (AvgIpc) is 3.53. The van der Waals surface area contributed by atoms with E-state index in [0.29, 0.717) is 51.1 Å². The predicted octanol–water partition coefficient (Wildman–Crippen LogP) is 1.67. The normalized spacial score (nSPS) is 24.6. The van der Waals surface area contributed by atoms with E-state index in [1.54, 1.807) is 0 Å². The molecule has 4 rings (SSSR count). The summed E-state index contributed by atoms with van der Waals surface area (Å²) in [5, 5.41) is 3.04. The molecule has 0 spiro atoms. The van der Waals surface area contributed by atoms with Crippen molar-refractivity contribution in [1.82, 2.24) is 15.1 Å². The molecule has 164 valence electrons. The Balaban J connectivity index is 1.25. The topological polar surface area (TPSA) is 71.1 Å². The fraction of sp³-hybridized carbons (Fsp3) is 0.652. The third-order valence-corrected chi connectivity index (χ3v) is 6.36. The number of hydrogen-bond acceptors (Lipinski definition) is 5. The minimum atomic E-state index is -0.0990. The highest BCUT2D eigenvalue weighted by Crippen LogP contribution is 2.35. The third-order valence-electron chi connectivity index (χ3n) is 6.36. The molecule has 3 aliphatic rings. The maximum absolute atomic E-state index is 12.8. The minimum Gasteiger partial charge on any atom is -0.484 e. The number of benzene rings is 1. The van der Waals surface area contributed by atoms with Gasteiger partial charge in [-0.05, 0) is 43.7 Å². The van der Waals surface area contributed by atoms with Crippen molar-refractivity contribution in [2.75, 3.05) is 46.0 Å². The summed E-state index contributed by atoms with van der Waals surface area (Å²) in [6.07, 6.45) is 5.18. The number of carbonyl (C=O) groups is 2. The molecule has 0 radical (unpaired) electrons. The Morgan fingerprint density at radius 2 is 1.77 bits per heavy atom. The maximum atomic E-state index is 12.8. The molecule has 7 nitrogen and oxygen atoms in total. The molecular weight excluding hydrogens is 382 g/mol. The zero-order chi connectivity index (χ0) is 20.8. The molecule has 0 unspecified atom stereocenters. The van der Waals surface area contributed by atoms with E-state index in [0.717, 1.165) is 25.3 Å². The summed E-state index contributed by atoms with van der Waals surface area (Å²) in [5.74, 6) is 1.59. The van der Waals surface area contributed by atoms with Crippen LogP contribution in [0.3, 0.4) is 0 Å². The Kier molecular flexibility index (Phi) is 7.23. The second-order valence-electron chi connectivity index (χ2n) is 8.63. The molecule has 1 aliphatic carbocycles. The summed E-state index contributed by atoms with van der Waals surface area (Å²) >= 11 is 0. The molecule has 1 aromatic carbocycles. The van der Waals surface area contributed by atoms with Crippen LogP contribution >= 0.6 is 0 Å². The van der Waals surface area contributed by atoms with Crippen molar-refractivity contribution in [3.63, 3.8) is 0 Å². The van der Waals surface area contributed by atoms with Gasteiger partial charge in [0.25, 0.3) is 5.91 Å². The quantitative estimate of drug-likeness (QED) is 0.664. The van der Waals surface area contributed by atoms with E-state index >= 15 is 0 Å². The van der Waals surface area contributed by atoms with Crippen LogP contribution in [0.1, 0.15) is 32.1 Å². The van der Waals surface area contributed by atoms with Crippen molar-refractivity contribution >= 4 is 11.8 Å². The van der Waals surface area contributed by atoms with Crippen LogP contribution < -0.4 is 10.1 Å². The van der Waals surface area contributed by atoms with Gasteiger partial charge in [0.2, 0.25) is 5.91 Å². The number of ether oxygens (including phenoxy) is 2. The number of amides is 2. The minimum absolute atomic E-state index is 0.0261. The fourth-order valence-electron chi connectivity index (χ4n) is 4.44. The van der Waals surface area contributed by atoms with Crippen LogP contribution in [0.4, 0.5) is 0 Å². The number of nitrogens with one attached hydrogen (secondary N) is 1. The first-order valence-electron chi connectivity index (χ1n) is 11.2. The molecule has 2 amide bonds. The van der Waals surface area contributed by atoms with Gasteiger partial charge < -0.3 is 19.7 Å². The lowest BCUT2D eigenvalue weighted by Gasteiger charge is -2.33. The molecule has 3 fully saturated rings. The lowest BCUT2D eigenvalue weighted by Crippen LogP contribution is -2.47. The van der Waals surface area contributed by atoms with Crippen LogP contribution in [0.25, 0.3) is 0 Å². The van der Waals surface area contributed by atoms with E-state index in [1.165, 1.54) is 12.8 Å². The number of hydrogen-bond donors (Lipinski definition) is 1. The molecule has 0 bridgehead atoms. The molecule has 2 aliphatic heterocycles. The molecule has 2 saturated heterocycles. The van der Waals surface area contributed by atoms with Crippen molar-refractivity contribution in [1.29, 1.82) is 0 Å². The van der Waals surface area contributed by atoms with Crippen LogP contribution in [0.15, 0.2) is 30.3 Å². The molecule has 2 atom stereocenters. The highest BCUT2D eigenvalue weighted by Gasteiger charge is 2.38. The smallest absolute Gasteiger partial charge is 0.257 e. The molecule has 1 saturated carbocycles. The molecule has 1 aromatic rings. The largest absolute Gasteiger partial charge is 0.484 e. The van der Waals surface area contributed by atoms with E-state index in [4.69, 9.17) is 9.47 Å². The summed E-state index contributed by atoms with van der Waals surface area (Å²) in [6.45, 7) is 4.38. The van der Waals surface area contributed by atoms with E-state index < -0.39 is 0 Å². The third kappa shape index (κ3) is 5.95. The summed E-state index contributed by atoms with van der Waals surface area (Å²) < 4.78 is 10.9. The van der Waals surface area contributed by atoms with Gasteiger partial charge in [-0.25, -0.2) is 0 Å². The lowest BCUT2D eigenvalue weighted by molar-refractivity contribution is -0.136. The van der Waals surface area contributed by atoms with Crippen LogP contribution in [-0.2, 0) is 14.3 Å². The predicted molar refractivity (Wildman–Crippen MR) is 113 cm³/mol. The molecule has 7 heteroatoms. The Hall–Kier alpha value is -2.12. The number of nitrogens with zero attached hydrogens (tertiary/aromatic N) is 2. The highest BCUT2D eigenvalue weighted by atomic mass is 16.5. The Morgan fingerprint density at radius 3 is 2.50 bits per heavy atom. The Bertz CT molecular complexity index is 704. The second kappa shape index (κ2) is 10.3. The zero-order valence-electron chi connectivity index (χ0n) is 17.6. The van der Waals surface area contributed by atoms with Gasteiger partial charge >= 0.3 is 0 Å². The van der Waals surface area contributed by atoms with Crippen LogP contribution in [0.2, 0.25) is 0 Å². The highest BCUT2D eigenvalue weighted by molar-refractivity contribution is 5.78. The monoisotopic (exact) mass is 415 g/mol. The van der Waals surface area contributed by atoms with Gasteiger partial charge in [-0.3, -0.25) is 14.5 Å². The molecule has 2 heterocycles. The van der Waals surface area contributed by atoms with Gasteiger partial charge in [-0.2, -0.15) is 0 Å². The van der Waals surface area contributed by atoms with E-state index in [1.807, 2.05) is 35.2 Å². The number of para-hydroxylation sites is 1. The second-order valence-corrected chi connectivity index (χ2v) is 8.63. The first-order chi connectivity index (χ1) is 14.7. The first-order valence-corrected chi connectivity index (χ1v) is 11.2. The summed E-state index contributed by atoms with van der Waals surface area (Å²) in [4.78, 5) is 29.4. The van der Waals surface area contributed by atoms with Crippen molar-refractivity contribution in [2.24, 2.45) is 5.92 Å². The maximum Gasteiger partial charge on any atom is 0.257 e. The van der Waals surface area contributed by atoms with Crippen molar-refractivity contribution in [2.45, 2.75) is 44.2 Å². The van der Waals surface area contributed by atoms with Gasteiger partial charge in [-0.15, -0.1) is 0 Å². The summed E-state index contributed by atoms with van der Waals surface area (Å²) in [5.41, 5.74) is 0. The Labute approximate surface area is 178 Å². The lowest BCUT2D eigenvalue weighted by atomic mass is 10.1.